The van der Waals surface area contributed by atoms with Gasteiger partial charge in [-0.05, 0) is 52.2 Å². The molecule has 3 aromatic rings. The van der Waals surface area contributed by atoms with Gasteiger partial charge in [0.25, 0.3) is 0 Å². The third-order valence-corrected chi connectivity index (χ3v) is 5.41. The zero-order valence-corrected chi connectivity index (χ0v) is 17.5. The van der Waals surface area contributed by atoms with Gasteiger partial charge in [0.05, 0.1) is 33.1 Å². The largest absolute Gasteiger partial charge is 0.497 e. The molecule has 4 rings (SSSR count). The van der Waals surface area contributed by atoms with E-state index in [-0.39, 0.29) is 11.9 Å². The highest BCUT2D eigenvalue weighted by Gasteiger charge is 2.32. The molecule has 154 valence electrons. The van der Waals surface area contributed by atoms with Gasteiger partial charge in [-0.2, -0.15) is 5.10 Å². The highest BCUT2D eigenvalue weighted by atomic mass is 16.5. The Morgan fingerprint density at radius 2 is 1.63 bits per heavy atom. The number of rotatable bonds is 5. The Bertz CT molecular complexity index is 1140. The van der Waals surface area contributed by atoms with E-state index in [0.717, 1.165) is 33.4 Å². The summed E-state index contributed by atoms with van der Waals surface area (Å²) in [6.45, 7) is 1.53. The van der Waals surface area contributed by atoms with Crippen molar-refractivity contribution < 1.29 is 19.0 Å². The summed E-state index contributed by atoms with van der Waals surface area (Å²) in [4.78, 5) is 12.3. The molecule has 1 unspecified atom stereocenters. The molecule has 1 amide bonds. The monoisotopic (exact) mass is 404 g/mol. The lowest BCUT2D eigenvalue weighted by atomic mass is 9.96. The van der Waals surface area contributed by atoms with Crippen molar-refractivity contribution in [2.24, 2.45) is 5.10 Å². The van der Waals surface area contributed by atoms with Crippen LogP contribution >= 0.6 is 0 Å². The van der Waals surface area contributed by atoms with Crippen LogP contribution in [0.5, 0.6) is 17.2 Å². The molecule has 6 nitrogen and oxygen atoms in total. The smallest absolute Gasteiger partial charge is 0.240 e. The number of methoxy groups -OCH3 is 3. The van der Waals surface area contributed by atoms with Crippen molar-refractivity contribution in [1.82, 2.24) is 5.01 Å². The van der Waals surface area contributed by atoms with Crippen LogP contribution in [0, 0.1) is 0 Å². The summed E-state index contributed by atoms with van der Waals surface area (Å²) >= 11 is 0. The molecule has 1 aliphatic rings. The van der Waals surface area contributed by atoms with E-state index in [1.165, 1.54) is 6.92 Å². The van der Waals surface area contributed by atoms with E-state index in [1.807, 2.05) is 42.5 Å². The Hall–Kier alpha value is -3.54. The third kappa shape index (κ3) is 3.56. The summed E-state index contributed by atoms with van der Waals surface area (Å²) in [5.74, 6) is 2.01. The van der Waals surface area contributed by atoms with Crippen LogP contribution in [0.15, 0.2) is 59.7 Å². The summed E-state index contributed by atoms with van der Waals surface area (Å²) in [7, 11) is 4.87. The molecule has 30 heavy (non-hydrogen) atoms. The van der Waals surface area contributed by atoms with Crippen LogP contribution in [0.1, 0.15) is 30.5 Å². The van der Waals surface area contributed by atoms with E-state index in [0.29, 0.717) is 17.9 Å². The lowest BCUT2D eigenvalue weighted by Crippen LogP contribution is -2.24. The normalized spacial score (nSPS) is 15.8. The fraction of sp³-hybridized carbons (Fsp3) is 0.250. The van der Waals surface area contributed by atoms with Crippen LogP contribution in [0.3, 0.4) is 0 Å². The highest BCUT2D eigenvalue weighted by molar-refractivity contribution is 6.05. The average molecular weight is 404 g/mol. The lowest BCUT2D eigenvalue weighted by molar-refractivity contribution is -0.130. The van der Waals surface area contributed by atoms with Gasteiger partial charge in [-0.15, -0.1) is 0 Å². The van der Waals surface area contributed by atoms with Gasteiger partial charge < -0.3 is 14.2 Å². The van der Waals surface area contributed by atoms with Gasteiger partial charge in [0.15, 0.2) is 11.5 Å². The summed E-state index contributed by atoms with van der Waals surface area (Å²) in [5.41, 5.74) is 2.83. The van der Waals surface area contributed by atoms with Crippen LogP contribution in [-0.2, 0) is 4.79 Å². The molecule has 1 atom stereocenters. The number of benzene rings is 3. The predicted octanol–water partition coefficient (Wildman–Crippen LogP) is 4.56. The van der Waals surface area contributed by atoms with Crippen LogP contribution in [0.2, 0.25) is 0 Å². The van der Waals surface area contributed by atoms with Crippen molar-refractivity contribution in [1.29, 1.82) is 0 Å². The Labute approximate surface area is 175 Å². The first-order valence-corrected chi connectivity index (χ1v) is 9.71. The SMILES string of the molecule is COc1ccc2cc(C3=NN(C(C)=O)C(c4ccc(OC)c(OC)c4)C3)ccc2c1. The molecule has 0 radical (unpaired) electrons. The zero-order chi connectivity index (χ0) is 21.3. The molecular formula is C24H24N2O4. The van der Waals surface area contributed by atoms with Gasteiger partial charge >= 0.3 is 0 Å². The number of carbonyl (C=O) groups is 1. The van der Waals surface area contributed by atoms with Gasteiger partial charge in [0, 0.05) is 13.3 Å². The molecule has 0 fully saturated rings. The number of hydrazone groups is 1. The van der Waals surface area contributed by atoms with E-state index < -0.39 is 0 Å². The molecule has 0 aliphatic carbocycles. The minimum atomic E-state index is -0.191. The van der Waals surface area contributed by atoms with Gasteiger partial charge in [-0.1, -0.05) is 24.3 Å². The van der Waals surface area contributed by atoms with Crippen molar-refractivity contribution in [3.8, 4) is 17.2 Å². The van der Waals surface area contributed by atoms with Crippen molar-refractivity contribution >= 4 is 22.4 Å². The van der Waals surface area contributed by atoms with E-state index in [2.05, 4.69) is 17.2 Å². The molecule has 0 bridgehead atoms. The van der Waals surface area contributed by atoms with Crippen molar-refractivity contribution in [2.75, 3.05) is 21.3 Å². The second-order valence-corrected chi connectivity index (χ2v) is 7.17. The minimum Gasteiger partial charge on any atom is -0.497 e. The number of ether oxygens (including phenoxy) is 3. The first kappa shape index (κ1) is 19.8. The quantitative estimate of drug-likeness (QED) is 0.625. The minimum absolute atomic E-state index is 0.102. The average Bonchev–Trinajstić information content (AvgIpc) is 3.23. The number of hydrogen-bond donors (Lipinski definition) is 0. The number of carbonyl (C=O) groups excluding carboxylic acids is 1. The molecule has 1 aliphatic heterocycles. The Kier molecular flexibility index (Phi) is 5.31. The van der Waals surface area contributed by atoms with E-state index in [9.17, 15) is 4.79 Å². The molecule has 3 aromatic carbocycles. The number of fused-ring (bicyclic) bond motifs is 1. The lowest BCUT2D eigenvalue weighted by Gasteiger charge is -2.21. The molecule has 0 saturated heterocycles. The van der Waals surface area contributed by atoms with Crippen LogP contribution < -0.4 is 14.2 Å². The maximum atomic E-state index is 12.3. The van der Waals surface area contributed by atoms with Crippen LogP contribution in [0.4, 0.5) is 0 Å². The van der Waals surface area contributed by atoms with Gasteiger partial charge in [-0.25, -0.2) is 5.01 Å². The zero-order valence-electron chi connectivity index (χ0n) is 17.5. The first-order valence-electron chi connectivity index (χ1n) is 9.71. The Balaban J connectivity index is 1.68. The number of hydrogen-bond acceptors (Lipinski definition) is 5. The summed E-state index contributed by atoms with van der Waals surface area (Å²) < 4.78 is 16.1. The molecule has 1 heterocycles. The van der Waals surface area contributed by atoms with Crippen molar-refractivity contribution in [3.05, 3.63) is 65.7 Å². The summed E-state index contributed by atoms with van der Waals surface area (Å²) in [6.07, 6.45) is 0.622. The molecular weight excluding hydrogens is 380 g/mol. The molecule has 0 spiro atoms. The van der Waals surface area contributed by atoms with Crippen LogP contribution in [0.25, 0.3) is 10.8 Å². The molecule has 6 heteroatoms. The van der Waals surface area contributed by atoms with Crippen molar-refractivity contribution in [3.63, 3.8) is 0 Å². The van der Waals surface area contributed by atoms with E-state index in [4.69, 9.17) is 14.2 Å². The van der Waals surface area contributed by atoms with Gasteiger partial charge in [0.2, 0.25) is 5.91 Å². The van der Waals surface area contributed by atoms with Crippen LogP contribution in [-0.4, -0.2) is 38.0 Å². The van der Waals surface area contributed by atoms with Gasteiger partial charge in [-0.3, -0.25) is 4.79 Å². The maximum absolute atomic E-state index is 12.3. The topological polar surface area (TPSA) is 60.4 Å². The molecule has 0 saturated carbocycles. The fourth-order valence-electron chi connectivity index (χ4n) is 3.83. The Morgan fingerprint density at radius 1 is 0.900 bits per heavy atom. The van der Waals surface area contributed by atoms with Gasteiger partial charge in [0.1, 0.15) is 5.75 Å². The van der Waals surface area contributed by atoms with E-state index in [1.54, 1.807) is 26.3 Å². The van der Waals surface area contributed by atoms with E-state index >= 15 is 0 Å². The first-order chi connectivity index (χ1) is 14.5. The standard InChI is InChI=1S/C24H24N2O4/c1-15(27)26-22(19-8-10-23(29-3)24(13-19)30-4)14-21(25-26)18-6-5-17-12-20(28-2)9-7-16(17)11-18/h5-13,22H,14H2,1-4H3. The maximum Gasteiger partial charge on any atom is 0.240 e. The molecule has 0 N–H and O–H groups in total. The highest BCUT2D eigenvalue weighted by Crippen LogP contribution is 2.37. The van der Waals surface area contributed by atoms with Crippen molar-refractivity contribution in [2.45, 2.75) is 19.4 Å². The third-order valence-electron chi connectivity index (χ3n) is 5.41. The Morgan fingerprint density at radius 3 is 2.33 bits per heavy atom. The summed E-state index contributed by atoms with van der Waals surface area (Å²) in [5, 5.41) is 8.40. The second-order valence-electron chi connectivity index (χ2n) is 7.17. The fourth-order valence-corrected chi connectivity index (χ4v) is 3.83. The number of nitrogens with zero attached hydrogens (tertiary/aromatic N) is 2. The molecule has 0 aromatic heterocycles. The summed E-state index contributed by atoms with van der Waals surface area (Å²) in [6, 6.07) is 17.7. The number of amides is 1. The predicted molar refractivity (Wildman–Crippen MR) is 116 cm³/mol. The second kappa shape index (κ2) is 8.06.